The third-order valence-electron chi connectivity index (χ3n) is 9.98. The van der Waals surface area contributed by atoms with Crippen molar-refractivity contribution in [2.75, 3.05) is 99.0 Å². The van der Waals surface area contributed by atoms with Gasteiger partial charge in [-0.3, -0.25) is 24.1 Å². The molecular weight excluding hydrogens is 882 g/mol. The van der Waals surface area contributed by atoms with Gasteiger partial charge in [0.2, 0.25) is 0 Å². The standard InChI is InChI=1S/C39H34Cl4N8O10/c40-24-15-20-28-21(37(53)50(36(20)52)3-6-58-9-12-59-10-7-56-4-1-46-48-44)16-25(41)31-33-27(43)18-23-29-22(17-26(42)32(35(29)33)30(24)34(28)31)38(54)51(39(23)55)19-61-14-13-60-11-8-57-5-2-47-49-45/h15-18H,1-14,19H2. The summed E-state index contributed by atoms with van der Waals surface area (Å²) in [6, 6.07) is 5.86. The average Bonchev–Trinajstić information content (AvgIpc) is 3.24. The summed E-state index contributed by atoms with van der Waals surface area (Å²) in [6.45, 7) is 2.37. The molecule has 0 unspecified atom stereocenters. The van der Waals surface area contributed by atoms with E-state index in [4.69, 9.17) is 85.9 Å². The maximum absolute atomic E-state index is 14.0. The smallest absolute Gasteiger partial charge is 0.263 e. The van der Waals surface area contributed by atoms with Crippen molar-refractivity contribution in [2.24, 2.45) is 10.2 Å². The number of benzene rings is 5. The van der Waals surface area contributed by atoms with Crippen molar-refractivity contribution in [2.45, 2.75) is 0 Å². The Morgan fingerprint density at radius 2 is 0.738 bits per heavy atom. The first-order valence-corrected chi connectivity index (χ1v) is 20.3. The number of imide groups is 2. The van der Waals surface area contributed by atoms with Crippen LogP contribution in [0.4, 0.5) is 0 Å². The number of nitrogens with zero attached hydrogens (tertiary/aromatic N) is 8. The van der Waals surface area contributed by atoms with Crippen molar-refractivity contribution in [3.05, 3.63) is 87.5 Å². The molecule has 0 fully saturated rings. The van der Waals surface area contributed by atoms with Crippen LogP contribution in [-0.4, -0.2) is 132 Å². The zero-order chi connectivity index (χ0) is 43.2. The SMILES string of the molecule is [N-]=[N+]=NCCOCCOCCOCCN1C(=O)c2cc(Cl)c3c4c(Cl)cc5c6c(cc(Cl)c(c7c(Cl)cc(c2c37)C1=O)c64)C(=O)N(COCCOCCOCCN=[N+]=[N-])C5=O. The number of hydrogen-bond donors (Lipinski definition) is 0. The molecule has 2 aliphatic heterocycles. The number of carbonyl (C=O) groups is 4. The predicted octanol–water partition coefficient (Wildman–Crippen LogP) is 8.22. The Balaban J connectivity index is 1.12. The van der Waals surface area contributed by atoms with Crippen molar-refractivity contribution in [1.29, 1.82) is 0 Å². The number of halogens is 4. The first kappa shape index (κ1) is 44.3. The molecule has 7 rings (SSSR count). The zero-order valence-corrected chi connectivity index (χ0v) is 35.1. The van der Waals surface area contributed by atoms with E-state index >= 15 is 0 Å². The Labute approximate surface area is 365 Å². The minimum absolute atomic E-state index is 0.0270. The van der Waals surface area contributed by atoms with E-state index in [-0.39, 0.29) is 128 Å². The van der Waals surface area contributed by atoms with Crippen molar-refractivity contribution >= 4 is 113 Å². The molecule has 318 valence electrons. The molecule has 0 saturated carbocycles. The van der Waals surface area contributed by atoms with E-state index in [1.54, 1.807) is 0 Å². The number of fused-ring (bicyclic) bond motifs is 2. The van der Waals surface area contributed by atoms with E-state index in [1.807, 2.05) is 0 Å². The van der Waals surface area contributed by atoms with Gasteiger partial charge in [-0.1, -0.05) is 56.6 Å². The molecule has 0 bridgehead atoms. The van der Waals surface area contributed by atoms with Crippen LogP contribution in [0.25, 0.3) is 64.0 Å². The minimum atomic E-state index is -0.653. The molecule has 5 aromatic rings. The lowest BCUT2D eigenvalue weighted by Gasteiger charge is -2.31. The number of azide groups is 2. The highest BCUT2D eigenvalue weighted by Gasteiger charge is 2.39. The fourth-order valence-corrected chi connectivity index (χ4v) is 8.67. The number of ether oxygens (including phenoxy) is 6. The van der Waals surface area contributed by atoms with Crippen LogP contribution in [0.1, 0.15) is 41.4 Å². The molecule has 2 aliphatic rings. The van der Waals surface area contributed by atoms with Crippen LogP contribution in [0, 0.1) is 0 Å². The van der Waals surface area contributed by atoms with Gasteiger partial charge >= 0.3 is 0 Å². The minimum Gasteiger partial charge on any atom is -0.379 e. The van der Waals surface area contributed by atoms with E-state index in [0.29, 0.717) is 56.3 Å². The van der Waals surface area contributed by atoms with Crippen LogP contribution in [-0.2, 0) is 28.4 Å². The molecule has 18 nitrogen and oxygen atoms in total. The van der Waals surface area contributed by atoms with Gasteiger partial charge in [0.05, 0.1) is 101 Å². The second-order valence-electron chi connectivity index (χ2n) is 13.4. The third-order valence-corrected chi connectivity index (χ3v) is 11.2. The second-order valence-corrected chi connectivity index (χ2v) is 15.1. The van der Waals surface area contributed by atoms with Gasteiger partial charge in [0, 0.05) is 86.1 Å². The van der Waals surface area contributed by atoms with Gasteiger partial charge in [0.25, 0.3) is 23.6 Å². The summed E-state index contributed by atoms with van der Waals surface area (Å²) in [6.07, 6.45) is 0. The molecule has 4 amide bonds. The molecule has 0 atom stereocenters. The fraction of sp³-hybridized carbons (Fsp3) is 0.385. The van der Waals surface area contributed by atoms with E-state index in [0.717, 1.165) is 9.80 Å². The third kappa shape index (κ3) is 8.68. The molecule has 2 heterocycles. The predicted molar refractivity (Wildman–Crippen MR) is 226 cm³/mol. The van der Waals surface area contributed by atoms with Gasteiger partial charge in [-0.2, -0.15) is 0 Å². The van der Waals surface area contributed by atoms with Crippen LogP contribution in [0.5, 0.6) is 0 Å². The monoisotopic (exact) mass is 914 g/mol. The molecule has 0 aliphatic carbocycles. The average molecular weight is 917 g/mol. The second kappa shape index (κ2) is 19.9. The van der Waals surface area contributed by atoms with Gasteiger partial charge in [-0.05, 0) is 35.3 Å². The van der Waals surface area contributed by atoms with Gasteiger partial charge in [-0.25, -0.2) is 4.90 Å². The Morgan fingerprint density at radius 1 is 0.426 bits per heavy atom. The van der Waals surface area contributed by atoms with Crippen molar-refractivity contribution in [3.8, 4) is 0 Å². The summed E-state index contributed by atoms with van der Waals surface area (Å²) < 4.78 is 32.8. The van der Waals surface area contributed by atoms with Crippen molar-refractivity contribution in [1.82, 2.24) is 9.80 Å². The number of amides is 4. The molecule has 0 spiro atoms. The summed E-state index contributed by atoms with van der Waals surface area (Å²) in [5.41, 5.74) is 17.2. The summed E-state index contributed by atoms with van der Waals surface area (Å²) in [7, 11) is 0. The zero-order valence-electron chi connectivity index (χ0n) is 32.1. The van der Waals surface area contributed by atoms with E-state index < -0.39 is 23.6 Å². The van der Waals surface area contributed by atoms with Crippen LogP contribution < -0.4 is 0 Å². The normalized spacial score (nSPS) is 13.7. The molecule has 0 N–H and O–H groups in total. The summed E-state index contributed by atoms with van der Waals surface area (Å²) in [5.74, 6) is -2.49. The lowest BCUT2D eigenvalue weighted by molar-refractivity contribution is -0.0101. The largest absolute Gasteiger partial charge is 0.379 e. The Morgan fingerprint density at radius 3 is 1.10 bits per heavy atom. The highest BCUT2D eigenvalue weighted by atomic mass is 35.5. The Bertz CT molecular complexity index is 2540. The molecule has 22 heteroatoms. The van der Waals surface area contributed by atoms with Gasteiger partial charge in [0.1, 0.15) is 6.73 Å². The van der Waals surface area contributed by atoms with Gasteiger partial charge < -0.3 is 28.4 Å². The van der Waals surface area contributed by atoms with Gasteiger partial charge in [0.15, 0.2) is 0 Å². The lowest BCUT2D eigenvalue weighted by atomic mass is 9.82. The van der Waals surface area contributed by atoms with E-state index in [2.05, 4.69) is 20.1 Å². The van der Waals surface area contributed by atoms with Crippen LogP contribution in [0.3, 0.4) is 0 Å². The Kier molecular flexibility index (Phi) is 14.5. The quantitative estimate of drug-likeness (QED) is 0.0116. The maximum Gasteiger partial charge on any atom is 0.263 e. The first-order valence-electron chi connectivity index (χ1n) is 18.8. The summed E-state index contributed by atoms with van der Waals surface area (Å²) in [5, 5.41) is 9.99. The fourth-order valence-electron chi connectivity index (χ4n) is 7.47. The first-order chi connectivity index (χ1) is 29.6. The molecule has 61 heavy (non-hydrogen) atoms. The van der Waals surface area contributed by atoms with Crippen LogP contribution in [0.15, 0.2) is 34.5 Å². The van der Waals surface area contributed by atoms with Crippen LogP contribution >= 0.6 is 46.4 Å². The van der Waals surface area contributed by atoms with E-state index in [1.165, 1.54) is 24.3 Å². The summed E-state index contributed by atoms with van der Waals surface area (Å²) in [4.78, 5) is 63.4. The van der Waals surface area contributed by atoms with Crippen LogP contribution in [0.2, 0.25) is 20.1 Å². The maximum atomic E-state index is 14.0. The topological polar surface area (TPSA) is 228 Å². The molecule has 5 aromatic carbocycles. The van der Waals surface area contributed by atoms with Crippen molar-refractivity contribution in [3.63, 3.8) is 0 Å². The molecule has 0 aromatic heterocycles. The van der Waals surface area contributed by atoms with Gasteiger partial charge in [-0.15, -0.1) is 0 Å². The Hall–Kier alpha value is -4.78. The van der Waals surface area contributed by atoms with E-state index in [9.17, 15) is 19.2 Å². The van der Waals surface area contributed by atoms with Crippen molar-refractivity contribution < 1.29 is 47.6 Å². The lowest BCUT2D eigenvalue weighted by Crippen LogP contribution is -2.42. The highest BCUT2D eigenvalue weighted by molar-refractivity contribution is 6.56. The number of rotatable bonds is 23. The highest BCUT2D eigenvalue weighted by Crippen LogP contribution is 2.53. The number of carbonyl (C=O) groups excluding carboxylic acids is 4. The molecule has 0 saturated heterocycles. The molecular formula is C39H34Cl4N8O10. The summed E-state index contributed by atoms with van der Waals surface area (Å²) >= 11 is 28.2. The number of hydrogen-bond acceptors (Lipinski definition) is 12. The molecule has 0 radical (unpaired) electrons.